The summed E-state index contributed by atoms with van der Waals surface area (Å²) in [6, 6.07) is 0. The van der Waals surface area contributed by atoms with E-state index in [4.69, 9.17) is 5.21 Å². The Morgan fingerprint density at radius 2 is 2.33 bits per heavy atom. The quantitative estimate of drug-likeness (QED) is 0.300. The van der Waals surface area contributed by atoms with Crippen molar-refractivity contribution in [1.29, 1.82) is 0 Å². The predicted octanol–water partition coefficient (Wildman–Crippen LogP) is 0.544. The lowest BCUT2D eigenvalue weighted by atomic mass is 9.98. The Morgan fingerprint density at radius 1 is 1.56 bits per heavy atom. The van der Waals surface area contributed by atoms with Gasteiger partial charge in [0.15, 0.2) is 0 Å². The zero-order valence-corrected chi connectivity index (χ0v) is 7.80. The number of nitrogens with zero attached hydrogens (tertiary/aromatic N) is 1. The van der Waals surface area contributed by atoms with Crippen molar-refractivity contribution in [2.75, 3.05) is 0 Å². The summed E-state index contributed by atoms with van der Waals surface area (Å²) in [5, 5.41) is 11.8. The van der Waals surface area contributed by atoms with Crippen molar-refractivity contribution in [3.8, 4) is 0 Å². The fraction of sp³-hybridized carbons (Fsp3) is 0.833. The van der Waals surface area contributed by atoms with Gasteiger partial charge in [-0.05, 0) is 24.8 Å². The van der Waals surface area contributed by atoms with E-state index in [1.54, 1.807) is 0 Å². The van der Waals surface area contributed by atoms with Crippen LogP contribution in [0.4, 0.5) is 0 Å². The maximum absolute atomic E-state index is 8.47. The van der Waals surface area contributed by atoms with Gasteiger partial charge in [0.05, 0.1) is 5.71 Å². The molecule has 2 nitrogen and oxygen atoms in total. The minimum Gasteiger partial charge on any atom is -0.411 e. The summed E-state index contributed by atoms with van der Waals surface area (Å²) in [6.45, 7) is 0. The minimum absolute atomic E-state index is 0.656. The van der Waals surface area contributed by atoms with E-state index in [1.807, 2.05) is 0 Å². The third-order valence-corrected chi connectivity index (χ3v) is 3.26. The Bertz CT molecular complexity index is 124. The van der Waals surface area contributed by atoms with Gasteiger partial charge in [-0.15, -0.1) is 0 Å². The Morgan fingerprint density at radius 3 is 2.78 bits per heavy atom. The van der Waals surface area contributed by atoms with Gasteiger partial charge in [0.2, 0.25) is 0 Å². The molecule has 9 heavy (non-hydrogen) atoms. The molecule has 1 fully saturated rings. The van der Waals surface area contributed by atoms with Gasteiger partial charge in [-0.2, -0.15) is 0 Å². The van der Waals surface area contributed by atoms with E-state index < -0.39 is 0 Å². The highest BCUT2D eigenvalue weighted by atomic mass is 28.1. The van der Waals surface area contributed by atoms with E-state index in [0.717, 1.165) is 22.4 Å². The zero-order chi connectivity index (χ0) is 6.69. The van der Waals surface area contributed by atoms with Crippen LogP contribution in [0.3, 0.4) is 0 Å². The first kappa shape index (κ1) is 6.80. The maximum Gasteiger partial charge on any atom is 0.0565 e. The largest absolute Gasteiger partial charge is 0.411 e. The van der Waals surface area contributed by atoms with E-state index in [9.17, 15) is 0 Å². The van der Waals surface area contributed by atoms with Gasteiger partial charge in [0.1, 0.15) is 0 Å². The molecule has 0 spiro atoms. The van der Waals surface area contributed by atoms with Crippen LogP contribution in [-0.4, -0.2) is 21.2 Å². The van der Waals surface area contributed by atoms with Crippen molar-refractivity contribution in [2.45, 2.75) is 31.2 Å². The lowest BCUT2D eigenvalue weighted by Gasteiger charge is -2.17. The number of oxime groups is 1. The highest BCUT2D eigenvalue weighted by Crippen LogP contribution is 2.22. The van der Waals surface area contributed by atoms with Crippen LogP contribution < -0.4 is 0 Å². The normalized spacial score (nSPS) is 33.3. The molecular formula is C6H13NOSi. The molecule has 0 aromatic carbocycles. The predicted molar refractivity (Wildman–Crippen MR) is 41.4 cm³/mol. The van der Waals surface area contributed by atoms with Gasteiger partial charge >= 0.3 is 0 Å². The highest BCUT2D eigenvalue weighted by Gasteiger charge is 2.15. The second-order valence-electron chi connectivity index (χ2n) is 2.74. The Labute approximate surface area is 58.4 Å². The molecule has 0 aliphatic heterocycles. The monoisotopic (exact) mass is 143 g/mol. The average molecular weight is 143 g/mol. The molecule has 1 atom stereocenters. The first-order valence-electron chi connectivity index (χ1n) is 3.55. The van der Waals surface area contributed by atoms with Gasteiger partial charge in [-0.1, -0.05) is 11.6 Å². The van der Waals surface area contributed by atoms with Crippen molar-refractivity contribution < 1.29 is 5.21 Å². The molecule has 52 valence electrons. The summed E-state index contributed by atoms with van der Waals surface area (Å²) in [5.74, 6) is 0. The van der Waals surface area contributed by atoms with Gasteiger partial charge < -0.3 is 5.21 Å². The Balaban J connectivity index is 2.49. The van der Waals surface area contributed by atoms with Gasteiger partial charge in [0.25, 0.3) is 0 Å². The first-order valence-corrected chi connectivity index (χ1v) is 4.71. The van der Waals surface area contributed by atoms with Crippen LogP contribution in [0.15, 0.2) is 5.16 Å². The third kappa shape index (κ3) is 1.54. The van der Waals surface area contributed by atoms with E-state index >= 15 is 0 Å². The standard InChI is InChI=1S/C6H13NOSi/c8-7-5-3-1-2-4-6(5)9/h6,8H,1-4H2,9H3. The van der Waals surface area contributed by atoms with Crippen molar-refractivity contribution >= 4 is 16.0 Å². The van der Waals surface area contributed by atoms with Crippen molar-refractivity contribution in [3.63, 3.8) is 0 Å². The topological polar surface area (TPSA) is 32.6 Å². The molecule has 1 rings (SSSR count). The van der Waals surface area contributed by atoms with Gasteiger partial charge in [-0.25, -0.2) is 0 Å². The molecule has 1 unspecified atom stereocenters. The molecule has 3 heteroatoms. The van der Waals surface area contributed by atoms with Crippen LogP contribution >= 0.6 is 0 Å². The van der Waals surface area contributed by atoms with Crippen LogP contribution in [-0.2, 0) is 0 Å². The summed E-state index contributed by atoms with van der Waals surface area (Å²) in [5.41, 5.74) is 1.71. The number of rotatable bonds is 0. The molecule has 1 saturated carbocycles. The summed E-state index contributed by atoms with van der Waals surface area (Å²) in [6.07, 6.45) is 4.83. The average Bonchev–Trinajstić information content (AvgIpc) is 1.89. The molecule has 1 aliphatic rings. The van der Waals surface area contributed by atoms with Crippen molar-refractivity contribution in [2.24, 2.45) is 5.16 Å². The lowest BCUT2D eigenvalue weighted by molar-refractivity contribution is 0.314. The molecule has 0 heterocycles. The van der Waals surface area contributed by atoms with Crippen LogP contribution in [0.1, 0.15) is 25.7 Å². The molecular weight excluding hydrogens is 130 g/mol. The first-order chi connectivity index (χ1) is 4.34. The molecule has 0 amide bonds. The molecule has 0 aromatic heterocycles. The number of hydrogen-bond donors (Lipinski definition) is 1. The van der Waals surface area contributed by atoms with E-state index in [2.05, 4.69) is 5.16 Å². The second-order valence-corrected chi connectivity index (χ2v) is 4.13. The van der Waals surface area contributed by atoms with Crippen LogP contribution in [0, 0.1) is 0 Å². The third-order valence-electron chi connectivity index (χ3n) is 2.02. The second kappa shape index (κ2) is 3.01. The van der Waals surface area contributed by atoms with Crippen LogP contribution in [0.25, 0.3) is 0 Å². The number of hydrogen-bond acceptors (Lipinski definition) is 2. The maximum atomic E-state index is 8.47. The Kier molecular flexibility index (Phi) is 2.27. The highest BCUT2D eigenvalue weighted by molar-refractivity contribution is 6.25. The Hall–Kier alpha value is -0.313. The molecule has 1 N–H and O–H groups in total. The van der Waals surface area contributed by atoms with Crippen LogP contribution in [0.2, 0.25) is 5.54 Å². The fourth-order valence-corrected chi connectivity index (χ4v) is 2.13. The van der Waals surface area contributed by atoms with Gasteiger partial charge in [0, 0.05) is 10.2 Å². The van der Waals surface area contributed by atoms with Crippen molar-refractivity contribution in [3.05, 3.63) is 0 Å². The molecule has 1 aliphatic carbocycles. The molecule has 0 radical (unpaired) electrons. The van der Waals surface area contributed by atoms with E-state index in [1.165, 1.54) is 19.3 Å². The van der Waals surface area contributed by atoms with Crippen LogP contribution in [0.5, 0.6) is 0 Å². The summed E-state index contributed by atoms with van der Waals surface area (Å²) < 4.78 is 0. The molecule has 0 saturated heterocycles. The summed E-state index contributed by atoms with van der Waals surface area (Å²) >= 11 is 0. The molecule has 0 bridgehead atoms. The minimum atomic E-state index is 0.656. The summed E-state index contributed by atoms with van der Waals surface area (Å²) in [4.78, 5) is 0. The fourth-order valence-electron chi connectivity index (χ4n) is 1.32. The van der Waals surface area contributed by atoms with E-state index in [0.29, 0.717) is 5.54 Å². The lowest BCUT2D eigenvalue weighted by Crippen LogP contribution is -2.13. The SMILES string of the molecule is ON=C1CCCCC1[SiH3]. The molecule has 0 aromatic rings. The smallest absolute Gasteiger partial charge is 0.0565 e. The van der Waals surface area contributed by atoms with Gasteiger partial charge in [-0.3, -0.25) is 0 Å². The zero-order valence-electron chi connectivity index (χ0n) is 5.80. The summed E-state index contributed by atoms with van der Waals surface area (Å²) in [7, 11) is 1.15. The van der Waals surface area contributed by atoms with Crippen molar-refractivity contribution in [1.82, 2.24) is 0 Å². The van der Waals surface area contributed by atoms with E-state index in [-0.39, 0.29) is 0 Å².